The van der Waals surface area contributed by atoms with Gasteiger partial charge < -0.3 is 10.1 Å². The molecule has 1 N–H and O–H groups in total. The van der Waals surface area contributed by atoms with E-state index >= 15 is 0 Å². The highest BCUT2D eigenvalue weighted by molar-refractivity contribution is 8.01. The average Bonchev–Trinajstić information content (AvgIpc) is 3.00. The van der Waals surface area contributed by atoms with E-state index in [-0.39, 0.29) is 30.1 Å². The van der Waals surface area contributed by atoms with E-state index in [1.807, 2.05) is 30.5 Å². The molecule has 134 valence electrons. The van der Waals surface area contributed by atoms with Gasteiger partial charge in [0.1, 0.15) is 0 Å². The topological polar surface area (TPSA) is 68.3 Å². The summed E-state index contributed by atoms with van der Waals surface area (Å²) < 4.78 is 5.65. The minimum absolute atomic E-state index is 0.0837. The number of aromatic nitrogens is 1. The molecule has 1 atom stereocenters. The maximum atomic E-state index is 12.1. The molecule has 0 aliphatic carbocycles. The Kier molecular flexibility index (Phi) is 7.74. The molecule has 0 bridgehead atoms. The Morgan fingerprint density at radius 1 is 1.44 bits per heavy atom. The Hall–Kier alpha value is -1.57. The number of rotatable bonds is 8. The van der Waals surface area contributed by atoms with Gasteiger partial charge >= 0.3 is 5.97 Å². The number of carbonyl (C=O) groups is 2. The zero-order valence-corrected chi connectivity index (χ0v) is 16.3. The Labute approximate surface area is 160 Å². The number of nitrogens with zero attached hydrogens (tertiary/aromatic N) is 1. The van der Waals surface area contributed by atoms with Crippen LogP contribution in [-0.4, -0.2) is 29.2 Å². The van der Waals surface area contributed by atoms with Crippen LogP contribution in [-0.2, 0) is 20.7 Å². The fourth-order valence-electron chi connectivity index (χ4n) is 2.07. The van der Waals surface area contributed by atoms with Crippen molar-refractivity contribution in [2.45, 2.75) is 30.6 Å². The standard InChI is InChI=1S/C17H19ClN2O3S2/c1-3-23-16(22)8-14-9-24-17(20-14)25-10-15(21)19-11(2)12-5-4-6-13(18)7-12/h4-7,9,11H,3,8,10H2,1-2H3,(H,19,21)/t11-/m1/s1. The normalized spacial score (nSPS) is 11.8. The molecule has 2 aromatic rings. The van der Waals surface area contributed by atoms with Crippen molar-refractivity contribution in [3.05, 3.63) is 45.9 Å². The van der Waals surface area contributed by atoms with Gasteiger partial charge in [0, 0.05) is 10.4 Å². The predicted octanol–water partition coefficient (Wildman–Crippen LogP) is 3.87. The summed E-state index contributed by atoms with van der Waals surface area (Å²) in [5, 5.41) is 5.39. The molecule has 1 aromatic carbocycles. The second kappa shape index (κ2) is 9.79. The van der Waals surface area contributed by atoms with Crippen LogP contribution in [0.1, 0.15) is 31.1 Å². The van der Waals surface area contributed by atoms with E-state index in [9.17, 15) is 9.59 Å². The Balaban J connectivity index is 1.80. The number of hydrogen-bond donors (Lipinski definition) is 1. The van der Waals surface area contributed by atoms with Crippen LogP contribution in [0.2, 0.25) is 5.02 Å². The van der Waals surface area contributed by atoms with Crippen molar-refractivity contribution in [2.75, 3.05) is 12.4 Å². The number of benzene rings is 1. The lowest BCUT2D eigenvalue weighted by atomic mass is 10.1. The van der Waals surface area contributed by atoms with Crippen LogP contribution in [0.4, 0.5) is 0 Å². The van der Waals surface area contributed by atoms with Crippen LogP contribution in [0.25, 0.3) is 0 Å². The summed E-state index contributed by atoms with van der Waals surface area (Å²) in [6, 6.07) is 7.29. The monoisotopic (exact) mass is 398 g/mol. The number of carbonyl (C=O) groups excluding carboxylic acids is 2. The summed E-state index contributed by atoms with van der Waals surface area (Å²) in [5.74, 6) is -0.117. The quantitative estimate of drug-likeness (QED) is 0.540. The summed E-state index contributed by atoms with van der Waals surface area (Å²) in [6.07, 6.45) is 0.156. The Bertz CT molecular complexity index is 736. The van der Waals surface area contributed by atoms with Crippen molar-refractivity contribution < 1.29 is 14.3 Å². The summed E-state index contributed by atoms with van der Waals surface area (Å²) in [6.45, 7) is 4.04. The lowest BCUT2D eigenvalue weighted by molar-refractivity contribution is -0.142. The molecular weight excluding hydrogens is 380 g/mol. The first kappa shape index (κ1) is 19.8. The van der Waals surface area contributed by atoms with Crippen LogP contribution in [0.5, 0.6) is 0 Å². The third-order valence-electron chi connectivity index (χ3n) is 3.21. The SMILES string of the molecule is CCOC(=O)Cc1csc(SCC(=O)N[C@H](C)c2cccc(Cl)c2)n1. The molecule has 1 heterocycles. The number of esters is 1. The Morgan fingerprint density at radius 3 is 2.96 bits per heavy atom. The molecule has 2 rings (SSSR count). The smallest absolute Gasteiger partial charge is 0.311 e. The minimum Gasteiger partial charge on any atom is -0.466 e. The van der Waals surface area contributed by atoms with Gasteiger partial charge in [-0.3, -0.25) is 9.59 Å². The summed E-state index contributed by atoms with van der Waals surface area (Å²) in [4.78, 5) is 27.9. The molecule has 0 spiro atoms. The molecule has 1 aromatic heterocycles. The van der Waals surface area contributed by atoms with E-state index in [2.05, 4.69) is 10.3 Å². The van der Waals surface area contributed by atoms with E-state index < -0.39 is 0 Å². The zero-order valence-electron chi connectivity index (χ0n) is 14.0. The molecule has 0 aliphatic rings. The van der Waals surface area contributed by atoms with Gasteiger partial charge in [-0.05, 0) is 31.5 Å². The number of ether oxygens (including phenoxy) is 1. The molecule has 8 heteroatoms. The van der Waals surface area contributed by atoms with Gasteiger partial charge in [-0.15, -0.1) is 11.3 Å². The molecule has 0 saturated heterocycles. The fourth-order valence-corrected chi connectivity index (χ4v) is 3.92. The van der Waals surface area contributed by atoms with Gasteiger partial charge in [0.25, 0.3) is 0 Å². The lowest BCUT2D eigenvalue weighted by Gasteiger charge is -2.14. The van der Waals surface area contributed by atoms with Crippen LogP contribution in [0, 0.1) is 0 Å². The van der Waals surface area contributed by atoms with E-state index in [0.717, 1.165) is 9.90 Å². The molecule has 25 heavy (non-hydrogen) atoms. The van der Waals surface area contributed by atoms with Crippen molar-refractivity contribution in [2.24, 2.45) is 0 Å². The number of thiazole rings is 1. The van der Waals surface area contributed by atoms with Gasteiger partial charge in [-0.2, -0.15) is 0 Å². The number of nitrogens with one attached hydrogen (secondary N) is 1. The molecule has 0 aliphatic heterocycles. The van der Waals surface area contributed by atoms with Crippen molar-refractivity contribution in [1.82, 2.24) is 10.3 Å². The van der Waals surface area contributed by atoms with Gasteiger partial charge in [0.2, 0.25) is 5.91 Å². The van der Waals surface area contributed by atoms with E-state index in [1.165, 1.54) is 23.1 Å². The number of amides is 1. The highest BCUT2D eigenvalue weighted by Gasteiger charge is 2.13. The number of thioether (sulfide) groups is 1. The molecule has 0 radical (unpaired) electrons. The molecule has 0 saturated carbocycles. The van der Waals surface area contributed by atoms with Gasteiger partial charge in [0.15, 0.2) is 4.34 Å². The van der Waals surface area contributed by atoms with Crippen LogP contribution < -0.4 is 5.32 Å². The third-order valence-corrected chi connectivity index (χ3v) is 5.52. The number of hydrogen-bond acceptors (Lipinski definition) is 6. The maximum Gasteiger partial charge on any atom is 0.311 e. The zero-order chi connectivity index (χ0) is 18.2. The third kappa shape index (κ3) is 6.68. The molecule has 1 amide bonds. The van der Waals surface area contributed by atoms with Crippen molar-refractivity contribution in [3.63, 3.8) is 0 Å². The van der Waals surface area contributed by atoms with Crippen LogP contribution in [0.3, 0.4) is 0 Å². The average molecular weight is 399 g/mol. The first-order valence-corrected chi connectivity index (χ1v) is 10.00. The van der Waals surface area contributed by atoms with Crippen molar-refractivity contribution in [3.8, 4) is 0 Å². The second-order valence-electron chi connectivity index (χ2n) is 5.22. The van der Waals surface area contributed by atoms with Crippen molar-refractivity contribution >= 4 is 46.6 Å². The Morgan fingerprint density at radius 2 is 2.24 bits per heavy atom. The van der Waals surface area contributed by atoms with Gasteiger partial charge in [-0.25, -0.2) is 4.98 Å². The van der Waals surface area contributed by atoms with Crippen molar-refractivity contribution in [1.29, 1.82) is 0 Å². The first-order valence-electron chi connectivity index (χ1n) is 7.75. The van der Waals surface area contributed by atoms with Gasteiger partial charge in [0.05, 0.1) is 30.5 Å². The minimum atomic E-state index is -0.294. The highest BCUT2D eigenvalue weighted by atomic mass is 35.5. The van der Waals surface area contributed by atoms with Crippen LogP contribution in [0.15, 0.2) is 34.0 Å². The van der Waals surface area contributed by atoms with E-state index in [0.29, 0.717) is 17.3 Å². The summed E-state index contributed by atoms with van der Waals surface area (Å²) in [7, 11) is 0. The molecule has 0 unspecified atom stereocenters. The molecule has 5 nitrogen and oxygen atoms in total. The predicted molar refractivity (Wildman–Crippen MR) is 101 cm³/mol. The van der Waals surface area contributed by atoms with E-state index in [1.54, 1.807) is 13.0 Å². The summed E-state index contributed by atoms with van der Waals surface area (Å²) >= 11 is 8.73. The highest BCUT2D eigenvalue weighted by Crippen LogP contribution is 2.23. The van der Waals surface area contributed by atoms with E-state index in [4.69, 9.17) is 16.3 Å². The molecule has 0 fully saturated rings. The maximum absolute atomic E-state index is 12.1. The molecular formula is C17H19ClN2O3S2. The second-order valence-corrected chi connectivity index (χ2v) is 7.74. The van der Waals surface area contributed by atoms with Crippen LogP contribution >= 0.6 is 34.7 Å². The van der Waals surface area contributed by atoms with Gasteiger partial charge in [-0.1, -0.05) is 35.5 Å². The first-order chi connectivity index (χ1) is 12.0. The summed E-state index contributed by atoms with van der Waals surface area (Å²) in [5.41, 5.74) is 1.62. The largest absolute Gasteiger partial charge is 0.466 e. The lowest BCUT2D eigenvalue weighted by Crippen LogP contribution is -2.28. The number of halogens is 1. The fraction of sp³-hybridized carbons (Fsp3) is 0.353.